The molecule has 0 amide bonds. The van der Waals surface area contributed by atoms with Crippen LogP contribution in [0.5, 0.6) is 0 Å². The number of rotatable bonds is 4. The number of hydrogen-bond acceptors (Lipinski definition) is 3. The van der Waals surface area contributed by atoms with Gasteiger partial charge in [0.1, 0.15) is 11.6 Å². The Bertz CT molecular complexity index is 695. The summed E-state index contributed by atoms with van der Waals surface area (Å²) in [4.78, 5) is 10.1. The standard InChI is InChI=1S/C14H11ClF2N2O2/c1-8(11-4-2-9(16)6-13(11)17)18-14-5-3-10(19(20)21)7-12(14)15/h2-8,18H,1H3. The molecule has 7 heteroatoms. The van der Waals surface area contributed by atoms with Crippen molar-refractivity contribution in [3.63, 3.8) is 0 Å². The molecule has 0 radical (unpaired) electrons. The van der Waals surface area contributed by atoms with Crippen molar-refractivity contribution in [3.05, 3.63) is 68.7 Å². The Balaban J connectivity index is 2.23. The number of halogens is 3. The van der Waals surface area contributed by atoms with Gasteiger partial charge in [0.05, 0.1) is 21.7 Å². The zero-order valence-corrected chi connectivity index (χ0v) is 11.7. The van der Waals surface area contributed by atoms with E-state index in [1.807, 2.05) is 0 Å². The second-order valence-corrected chi connectivity index (χ2v) is 4.86. The Kier molecular flexibility index (Phi) is 4.37. The summed E-state index contributed by atoms with van der Waals surface area (Å²) in [6, 6.07) is 6.75. The molecular weight excluding hydrogens is 302 g/mol. The van der Waals surface area contributed by atoms with Crippen LogP contribution in [0.2, 0.25) is 5.02 Å². The predicted molar refractivity (Wildman–Crippen MR) is 76.5 cm³/mol. The van der Waals surface area contributed by atoms with Gasteiger partial charge in [0, 0.05) is 23.8 Å². The molecule has 1 atom stereocenters. The molecule has 4 nitrogen and oxygen atoms in total. The van der Waals surface area contributed by atoms with Crippen molar-refractivity contribution in [2.45, 2.75) is 13.0 Å². The van der Waals surface area contributed by atoms with E-state index in [1.165, 1.54) is 24.3 Å². The molecule has 0 fully saturated rings. The van der Waals surface area contributed by atoms with E-state index in [4.69, 9.17) is 11.6 Å². The smallest absolute Gasteiger partial charge is 0.271 e. The third-order valence-corrected chi connectivity index (χ3v) is 3.28. The van der Waals surface area contributed by atoms with E-state index in [0.29, 0.717) is 5.69 Å². The minimum Gasteiger partial charge on any atom is -0.377 e. The second-order valence-electron chi connectivity index (χ2n) is 4.45. The number of non-ortho nitro benzene ring substituents is 1. The monoisotopic (exact) mass is 312 g/mol. The fraction of sp³-hybridized carbons (Fsp3) is 0.143. The topological polar surface area (TPSA) is 55.2 Å². The van der Waals surface area contributed by atoms with Crippen LogP contribution in [-0.4, -0.2) is 4.92 Å². The van der Waals surface area contributed by atoms with Crippen LogP contribution >= 0.6 is 11.6 Å². The maximum absolute atomic E-state index is 13.7. The van der Waals surface area contributed by atoms with Crippen LogP contribution in [0.15, 0.2) is 36.4 Å². The molecule has 1 unspecified atom stereocenters. The van der Waals surface area contributed by atoms with Crippen molar-refractivity contribution in [1.29, 1.82) is 0 Å². The SMILES string of the molecule is CC(Nc1ccc([N+](=O)[O-])cc1Cl)c1ccc(F)cc1F. The lowest BCUT2D eigenvalue weighted by Gasteiger charge is -2.17. The lowest BCUT2D eigenvalue weighted by Crippen LogP contribution is -2.09. The number of hydrogen-bond donors (Lipinski definition) is 1. The number of nitro groups is 1. The summed E-state index contributed by atoms with van der Waals surface area (Å²) in [7, 11) is 0. The number of anilines is 1. The third-order valence-electron chi connectivity index (χ3n) is 2.96. The highest BCUT2D eigenvalue weighted by molar-refractivity contribution is 6.33. The average Bonchev–Trinajstić information content (AvgIpc) is 2.40. The molecule has 0 aromatic heterocycles. The van der Waals surface area contributed by atoms with Gasteiger partial charge in [-0.25, -0.2) is 8.78 Å². The van der Waals surface area contributed by atoms with E-state index in [-0.39, 0.29) is 16.3 Å². The maximum atomic E-state index is 13.7. The minimum atomic E-state index is -0.673. The highest BCUT2D eigenvalue weighted by Gasteiger charge is 2.15. The molecular formula is C14H11ClF2N2O2. The molecule has 0 heterocycles. The van der Waals surface area contributed by atoms with Crippen LogP contribution in [0.3, 0.4) is 0 Å². The largest absolute Gasteiger partial charge is 0.377 e. The molecule has 2 aromatic rings. The van der Waals surface area contributed by atoms with Crippen molar-refractivity contribution in [2.24, 2.45) is 0 Å². The summed E-state index contributed by atoms with van der Waals surface area (Å²) >= 11 is 5.95. The molecule has 0 saturated carbocycles. The first-order valence-electron chi connectivity index (χ1n) is 6.04. The number of benzene rings is 2. The predicted octanol–water partition coefficient (Wildman–Crippen LogP) is 4.70. The Morgan fingerprint density at radius 1 is 1.24 bits per heavy atom. The van der Waals surface area contributed by atoms with E-state index < -0.39 is 22.6 Å². The van der Waals surface area contributed by atoms with Crippen molar-refractivity contribution >= 4 is 23.0 Å². The maximum Gasteiger partial charge on any atom is 0.271 e. The Morgan fingerprint density at radius 2 is 1.95 bits per heavy atom. The lowest BCUT2D eigenvalue weighted by molar-refractivity contribution is -0.384. The van der Waals surface area contributed by atoms with Gasteiger partial charge in [0.2, 0.25) is 0 Å². The fourth-order valence-corrected chi connectivity index (χ4v) is 2.13. The van der Waals surface area contributed by atoms with Gasteiger partial charge in [-0.3, -0.25) is 10.1 Å². The fourth-order valence-electron chi connectivity index (χ4n) is 1.90. The molecule has 0 aliphatic heterocycles. The lowest BCUT2D eigenvalue weighted by atomic mass is 10.1. The van der Waals surface area contributed by atoms with Crippen LogP contribution in [0.25, 0.3) is 0 Å². The number of nitrogens with one attached hydrogen (secondary N) is 1. The first kappa shape index (κ1) is 15.2. The van der Waals surface area contributed by atoms with E-state index >= 15 is 0 Å². The van der Waals surface area contributed by atoms with Gasteiger partial charge >= 0.3 is 0 Å². The van der Waals surface area contributed by atoms with Crippen LogP contribution in [0.4, 0.5) is 20.2 Å². The van der Waals surface area contributed by atoms with Gasteiger partial charge in [-0.15, -0.1) is 0 Å². The summed E-state index contributed by atoms with van der Waals surface area (Å²) < 4.78 is 26.5. The number of nitro benzene ring substituents is 1. The molecule has 2 rings (SSSR count). The molecule has 0 saturated heterocycles. The van der Waals surface area contributed by atoms with Crippen LogP contribution in [0.1, 0.15) is 18.5 Å². The molecule has 0 aliphatic carbocycles. The molecule has 0 bridgehead atoms. The normalized spacial score (nSPS) is 12.0. The van der Waals surface area contributed by atoms with E-state index in [2.05, 4.69) is 5.32 Å². The van der Waals surface area contributed by atoms with Gasteiger partial charge < -0.3 is 5.32 Å². The Hall–Kier alpha value is -2.21. The van der Waals surface area contributed by atoms with Gasteiger partial charge in [0.25, 0.3) is 5.69 Å². The first-order chi connectivity index (χ1) is 9.88. The molecule has 0 aliphatic rings. The highest BCUT2D eigenvalue weighted by atomic mass is 35.5. The van der Waals surface area contributed by atoms with E-state index in [9.17, 15) is 18.9 Å². The second kappa shape index (κ2) is 6.05. The van der Waals surface area contributed by atoms with Crippen LogP contribution in [0, 0.1) is 21.7 Å². The quantitative estimate of drug-likeness (QED) is 0.657. The van der Waals surface area contributed by atoms with Gasteiger partial charge in [-0.1, -0.05) is 17.7 Å². The van der Waals surface area contributed by atoms with Crippen LogP contribution < -0.4 is 5.32 Å². The van der Waals surface area contributed by atoms with Crippen molar-refractivity contribution < 1.29 is 13.7 Å². The Labute approximate surface area is 124 Å². The summed E-state index contributed by atoms with van der Waals surface area (Å²) in [6.45, 7) is 1.67. The summed E-state index contributed by atoms with van der Waals surface area (Å²) in [5, 5.41) is 13.7. The van der Waals surface area contributed by atoms with Crippen molar-refractivity contribution in [3.8, 4) is 0 Å². The minimum absolute atomic E-state index is 0.133. The molecule has 21 heavy (non-hydrogen) atoms. The molecule has 2 aromatic carbocycles. The Morgan fingerprint density at radius 3 is 2.52 bits per heavy atom. The van der Waals surface area contributed by atoms with E-state index in [0.717, 1.165) is 12.1 Å². The first-order valence-corrected chi connectivity index (χ1v) is 6.41. The number of nitrogens with zero attached hydrogens (tertiary/aromatic N) is 1. The van der Waals surface area contributed by atoms with Gasteiger partial charge in [-0.2, -0.15) is 0 Å². The zero-order valence-electron chi connectivity index (χ0n) is 10.9. The molecule has 1 N–H and O–H groups in total. The molecule has 0 spiro atoms. The van der Waals surface area contributed by atoms with Crippen molar-refractivity contribution in [2.75, 3.05) is 5.32 Å². The summed E-state index contributed by atoms with van der Waals surface area (Å²) in [5.74, 6) is -1.33. The van der Waals surface area contributed by atoms with Gasteiger partial charge in [0.15, 0.2) is 0 Å². The third kappa shape index (κ3) is 3.46. The van der Waals surface area contributed by atoms with Crippen LogP contribution in [-0.2, 0) is 0 Å². The average molecular weight is 313 g/mol. The summed E-state index contributed by atoms with van der Waals surface area (Å²) in [6.07, 6.45) is 0. The highest BCUT2D eigenvalue weighted by Crippen LogP contribution is 2.30. The van der Waals surface area contributed by atoms with Gasteiger partial charge in [-0.05, 0) is 19.1 Å². The van der Waals surface area contributed by atoms with Crippen molar-refractivity contribution in [1.82, 2.24) is 0 Å². The van der Waals surface area contributed by atoms with E-state index in [1.54, 1.807) is 6.92 Å². The summed E-state index contributed by atoms with van der Waals surface area (Å²) in [5.41, 5.74) is 0.565. The zero-order chi connectivity index (χ0) is 15.6. The molecule has 110 valence electrons.